The second-order valence-electron chi connectivity index (χ2n) is 19.8. The molecule has 4 fully saturated rings. The van der Waals surface area contributed by atoms with Crippen LogP contribution in [0.1, 0.15) is 77.9 Å². The number of aromatic hydroxyl groups is 1. The highest BCUT2D eigenvalue weighted by Crippen LogP contribution is 2.48. The number of thiol groups is 4. The van der Waals surface area contributed by atoms with Crippen molar-refractivity contribution >= 4 is 156 Å². The third-order valence-corrected chi connectivity index (χ3v) is 20.6. The number of carboxylic acid groups (broad SMARTS) is 4. The van der Waals surface area contributed by atoms with E-state index < -0.39 is 53.4 Å². The lowest BCUT2D eigenvalue weighted by Crippen LogP contribution is -2.47. The van der Waals surface area contributed by atoms with E-state index in [0.717, 1.165) is 34.7 Å². The number of phenols is 1. The van der Waals surface area contributed by atoms with E-state index in [2.05, 4.69) is 50.5 Å². The molecule has 4 amide bonds. The zero-order chi connectivity index (χ0) is 61.7. The van der Waals surface area contributed by atoms with Crippen LogP contribution in [0.2, 0.25) is 0 Å². The maximum Gasteiger partial charge on any atom is 0.327 e. The highest BCUT2D eigenvalue weighted by atomic mass is 32.2. The third-order valence-electron chi connectivity index (χ3n) is 14.3. The van der Waals surface area contributed by atoms with Gasteiger partial charge in [0.25, 0.3) is 0 Å². The normalized spacial score (nSPS) is 21.8. The lowest BCUT2D eigenvalue weighted by Gasteiger charge is -2.31. The van der Waals surface area contributed by atoms with Gasteiger partial charge in [0.05, 0.1) is 10.7 Å². The Morgan fingerprint density at radius 1 is 0.482 bits per heavy atom. The van der Waals surface area contributed by atoms with Gasteiger partial charge in [-0.25, -0.2) is 19.2 Å². The van der Waals surface area contributed by atoms with Gasteiger partial charge in [0.2, 0.25) is 23.6 Å². The highest BCUT2D eigenvalue weighted by molar-refractivity contribution is 8.00. The van der Waals surface area contributed by atoms with Crippen LogP contribution in [0.25, 0.3) is 10.8 Å². The van der Waals surface area contributed by atoms with Gasteiger partial charge in [-0.1, -0.05) is 128 Å². The van der Waals surface area contributed by atoms with Crippen molar-refractivity contribution in [1.29, 1.82) is 0 Å². The lowest BCUT2D eigenvalue weighted by atomic mass is 9.99. The molecule has 25 heteroatoms. The molecule has 456 valence electrons. The Bertz CT molecular complexity index is 3070. The molecule has 0 bridgehead atoms. The van der Waals surface area contributed by atoms with Crippen LogP contribution in [0.5, 0.6) is 5.75 Å². The molecule has 9 atom stereocenters. The molecule has 0 aromatic heterocycles. The lowest BCUT2D eigenvalue weighted by molar-refractivity contribution is -0.149. The Kier molecular flexibility index (Phi) is 27.8. The summed E-state index contributed by atoms with van der Waals surface area (Å²) in [6.45, 7) is 2.04. The number of aliphatic carboxylic acids is 4. The molecule has 5 aromatic carbocycles. The van der Waals surface area contributed by atoms with Gasteiger partial charge in [0.1, 0.15) is 40.7 Å². The molecule has 0 saturated carbocycles. The van der Waals surface area contributed by atoms with Crippen molar-refractivity contribution in [2.75, 3.05) is 46.0 Å². The maximum atomic E-state index is 12.5. The molecule has 9 rings (SSSR count). The second-order valence-corrected chi connectivity index (χ2v) is 26.1. The van der Waals surface area contributed by atoms with E-state index in [9.17, 15) is 63.9 Å². The predicted molar refractivity (Wildman–Crippen MR) is 352 cm³/mol. The molecule has 4 aliphatic rings. The number of nitrogens with zero attached hydrogens (tertiary/aromatic N) is 4. The van der Waals surface area contributed by atoms with E-state index in [-0.39, 0.29) is 77.1 Å². The van der Waals surface area contributed by atoms with Gasteiger partial charge in [-0.15, -0.1) is 47.0 Å². The van der Waals surface area contributed by atoms with E-state index in [1.807, 2.05) is 128 Å². The molecule has 0 radical (unpaired) electrons. The predicted octanol–water partition coefficient (Wildman–Crippen LogP) is 9.68. The molecule has 17 nitrogen and oxygen atoms in total. The van der Waals surface area contributed by atoms with Crippen LogP contribution in [0, 0.1) is 0 Å². The molecule has 5 aromatic rings. The standard InChI is InChI=1S/C17H17NO4S2.2C15H19NO3S2.C13H15NO3S2/c19-13-6-5-10-3-1-2-4-11(10)15(13)16-18(14(20)7-8-23)12(9-24-16)17(21)22;1-10(11-5-3-2-4-6-11)14-16(13(17)7-8-20)12(9-21-14)15(18)19;17-13(8-9-20)16-12(15(18)19)10-21-14(16)7-6-11-4-2-1-3-5-11;15-11(6-7-18)14-10(13(16)17)8-19-12(14)9-4-2-1-3-5-9/h1-6,12,16,19,23H,7-9H2,(H,21,22);2-6,10,12,14,20H,7-9H2,1H3,(H,18,19);1-5,12,14,20H,6-10H2,(H,18,19);1-5,10,12,18H,6-8H2,(H,16,17). The van der Waals surface area contributed by atoms with Gasteiger partial charge in [-0.2, -0.15) is 50.5 Å². The fraction of sp³-hybridized carbons (Fsp3) is 0.400. The molecule has 85 heavy (non-hydrogen) atoms. The Morgan fingerprint density at radius 3 is 1.42 bits per heavy atom. The Labute approximate surface area is 533 Å². The van der Waals surface area contributed by atoms with Crippen LogP contribution >= 0.6 is 97.6 Å². The Balaban J connectivity index is 0.000000182. The fourth-order valence-electron chi connectivity index (χ4n) is 10.1. The Hall–Kier alpha value is -5.28. The van der Waals surface area contributed by atoms with Crippen LogP contribution in [0.3, 0.4) is 0 Å². The molecule has 4 aliphatic heterocycles. The highest BCUT2D eigenvalue weighted by Gasteiger charge is 2.46. The monoisotopic (exact) mass is 1310 g/mol. The van der Waals surface area contributed by atoms with Gasteiger partial charge in [0.15, 0.2) is 0 Å². The maximum absolute atomic E-state index is 12.5. The third kappa shape index (κ3) is 18.2. The first-order valence-electron chi connectivity index (χ1n) is 27.3. The molecular weight excluding hydrogens is 1240 g/mol. The number of hydrogen-bond donors (Lipinski definition) is 9. The first-order valence-corrected chi connectivity index (χ1v) is 34.0. The van der Waals surface area contributed by atoms with Crippen LogP contribution in [-0.2, 0) is 44.8 Å². The molecule has 4 saturated heterocycles. The minimum atomic E-state index is -1.03. The van der Waals surface area contributed by atoms with Gasteiger partial charge in [0, 0.05) is 60.2 Å². The van der Waals surface area contributed by atoms with Gasteiger partial charge in [-0.05, 0) is 69.4 Å². The number of hydrogen-bond acceptors (Lipinski definition) is 17. The minimum Gasteiger partial charge on any atom is -0.508 e. The van der Waals surface area contributed by atoms with Crippen molar-refractivity contribution in [2.24, 2.45) is 0 Å². The van der Waals surface area contributed by atoms with Crippen molar-refractivity contribution < 1.29 is 63.9 Å². The smallest absolute Gasteiger partial charge is 0.327 e. The number of benzene rings is 5. The van der Waals surface area contributed by atoms with Crippen molar-refractivity contribution in [3.05, 3.63) is 150 Å². The summed E-state index contributed by atoms with van der Waals surface area (Å²) in [5.41, 5.74) is 3.88. The number of amides is 4. The molecule has 0 spiro atoms. The largest absolute Gasteiger partial charge is 0.508 e. The first-order chi connectivity index (χ1) is 40.9. The van der Waals surface area contributed by atoms with E-state index in [1.165, 1.54) is 38.9 Å². The van der Waals surface area contributed by atoms with Gasteiger partial charge in [-0.3, -0.25) is 19.2 Å². The summed E-state index contributed by atoms with van der Waals surface area (Å²) in [7, 11) is 0. The summed E-state index contributed by atoms with van der Waals surface area (Å²) < 4.78 is 0. The van der Waals surface area contributed by atoms with Crippen LogP contribution in [-0.4, -0.2) is 174 Å². The second kappa shape index (κ2) is 34.3. The summed E-state index contributed by atoms with van der Waals surface area (Å²) in [6, 6.07) is 37.3. The number of thioether (sulfide) groups is 4. The van der Waals surface area contributed by atoms with Gasteiger partial charge >= 0.3 is 23.9 Å². The summed E-state index contributed by atoms with van der Waals surface area (Å²) in [6.07, 6.45) is 2.60. The van der Waals surface area contributed by atoms with E-state index in [0.29, 0.717) is 51.6 Å². The molecule has 5 N–H and O–H groups in total. The van der Waals surface area contributed by atoms with Crippen molar-refractivity contribution in [3.63, 3.8) is 0 Å². The SMILES string of the molecule is CC(c1ccccc1)C1SCC(C(=O)O)N1C(=O)CCS.O=C(O)C1CSC(CCc2ccccc2)N1C(=O)CCS.O=C(O)C1CSC(c2c(O)ccc3ccccc23)N1C(=O)CCS.O=C(O)C1CSC(c2ccccc2)N1C(=O)CCS. The van der Waals surface area contributed by atoms with E-state index >= 15 is 0 Å². The van der Waals surface area contributed by atoms with Crippen molar-refractivity contribution in [3.8, 4) is 5.75 Å². The van der Waals surface area contributed by atoms with Crippen molar-refractivity contribution in [2.45, 2.75) is 97.0 Å². The molecule has 9 unspecified atom stereocenters. The summed E-state index contributed by atoms with van der Waals surface area (Å²) in [5.74, 6) is -1.06. The first kappa shape index (κ1) is 68.8. The summed E-state index contributed by atoms with van der Waals surface area (Å²) in [4.78, 5) is 101. The number of carboxylic acids is 4. The minimum absolute atomic E-state index is 0.0568. The van der Waals surface area contributed by atoms with E-state index in [1.54, 1.807) is 39.4 Å². The zero-order valence-electron chi connectivity index (χ0n) is 46.4. The summed E-state index contributed by atoms with van der Waals surface area (Å²) >= 11 is 22.2. The average molecular weight is 1310 g/mol. The van der Waals surface area contributed by atoms with Crippen LogP contribution < -0.4 is 0 Å². The number of fused-ring (bicyclic) bond motifs is 1. The topological polar surface area (TPSA) is 251 Å². The molecule has 0 aliphatic carbocycles. The summed E-state index contributed by atoms with van der Waals surface area (Å²) in [5, 5.41) is 48.6. The number of aryl methyl sites for hydroxylation is 1. The number of carbonyl (C=O) groups is 8. The zero-order valence-corrected chi connectivity index (χ0v) is 53.3. The van der Waals surface area contributed by atoms with E-state index in [4.69, 9.17) is 0 Å². The number of phenolic OH excluding ortho intramolecular Hbond substituents is 1. The quantitative estimate of drug-likeness (QED) is 0.0349. The fourth-order valence-corrected chi connectivity index (χ4v) is 16.8. The molecular formula is C60H70N4O13S8. The average Bonchev–Trinajstić information content (AvgIpc) is 3.65. The Morgan fingerprint density at radius 2 is 0.894 bits per heavy atom. The van der Waals surface area contributed by atoms with Crippen molar-refractivity contribution in [1.82, 2.24) is 19.6 Å². The number of carbonyl (C=O) groups excluding carboxylic acids is 4. The van der Waals surface area contributed by atoms with Gasteiger partial charge < -0.3 is 45.1 Å². The van der Waals surface area contributed by atoms with Crippen LogP contribution in [0.4, 0.5) is 0 Å². The van der Waals surface area contributed by atoms with Crippen LogP contribution in [0.15, 0.2) is 127 Å². The molecule has 4 heterocycles. The number of rotatable bonds is 19.